The number of hydrogen-bond acceptors (Lipinski definition) is 4. The van der Waals surface area contributed by atoms with Gasteiger partial charge in [0.05, 0.1) is 6.54 Å². The maximum atomic E-state index is 12.8. The summed E-state index contributed by atoms with van der Waals surface area (Å²) >= 11 is 4.94. The van der Waals surface area contributed by atoms with E-state index >= 15 is 0 Å². The molecule has 0 saturated carbocycles. The van der Waals surface area contributed by atoms with Crippen LogP contribution >= 0.6 is 12.2 Å². The summed E-state index contributed by atoms with van der Waals surface area (Å²) in [5.41, 5.74) is 1.03. The first-order chi connectivity index (χ1) is 12.0. The van der Waals surface area contributed by atoms with Gasteiger partial charge in [0.25, 0.3) is 5.56 Å². The van der Waals surface area contributed by atoms with E-state index in [4.69, 9.17) is 12.2 Å². The van der Waals surface area contributed by atoms with Crippen LogP contribution in [-0.4, -0.2) is 42.0 Å². The smallest absolute Gasteiger partial charge is 0.259 e. The standard InChI is InChI=1S/C20H23N3OS/c1-14-15-8-9-18(21-10-5-11-22(2)3)16-6-4-7-17(19(15)16)20(24)23(14)12-13-25/h4,6-9,13,21H,1,5,10-12H2,2-3H3. The SMILES string of the molecule is C=c1c2ccc(NCCCN(C)C)c3cccc(c(=O)n1CC=S)c32. The number of aromatic nitrogens is 1. The minimum Gasteiger partial charge on any atom is -0.384 e. The number of thiocarbonyl (C=S) groups is 1. The largest absolute Gasteiger partial charge is 0.384 e. The molecule has 4 nitrogen and oxygen atoms in total. The van der Waals surface area contributed by atoms with Crippen LogP contribution in [0.1, 0.15) is 6.42 Å². The highest BCUT2D eigenvalue weighted by atomic mass is 32.1. The topological polar surface area (TPSA) is 37.3 Å². The lowest BCUT2D eigenvalue weighted by Crippen LogP contribution is -2.33. The molecule has 0 aliphatic heterocycles. The summed E-state index contributed by atoms with van der Waals surface area (Å²) in [5.74, 6) is 0. The summed E-state index contributed by atoms with van der Waals surface area (Å²) in [7, 11) is 4.15. The molecule has 25 heavy (non-hydrogen) atoms. The highest BCUT2D eigenvalue weighted by Crippen LogP contribution is 2.29. The fourth-order valence-electron chi connectivity index (χ4n) is 3.28. The molecule has 0 aliphatic carbocycles. The molecule has 1 N–H and O–H groups in total. The fraction of sp³-hybridized carbons (Fsp3) is 0.300. The maximum Gasteiger partial charge on any atom is 0.259 e. The molecule has 1 heterocycles. The summed E-state index contributed by atoms with van der Waals surface area (Å²) in [6.45, 7) is 6.45. The molecule has 3 rings (SSSR count). The van der Waals surface area contributed by atoms with E-state index in [-0.39, 0.29) is 5.56 Å². The highest BCUT2D eigenvalue weighted by Gasteiger charge is 2.12. The van der Waals surface area contributed by atoms with Gasteiger partial charge in [-0.05, 0) is 44.6 Å². The summed E-state index contributed by atoms with van der Waals surface area (Å²) in [6, 6.07) is 10.0. The number of benzene rings is 2. The van der Waals surface area contributed by atoms with Gasteiger partial charge in [0.2, 0.25) is 0 Å². The molecular formula is C20H23N3OS. The van der Waals surface area contributed by atoms with Gasteiger partial charge in [0, 0.05) is 39.1 Å². The molecule has 130 valence electrons. The molecule has 0 atom stereocenters. The molecule has 2 aromatic carbocycles. The van der Waals surface area contributed by atoms with Gasteiger partial charge in [-0.3, -0.25) is 4.79 Å². The predicted octanol–water partition coefficient (Wildman–Crippen LogP) is 2.65. The minimum atomic E-state index is -0.0334. The third-order valence-electron chi connectivity index (χ3n) is 4.51. The van der Waals surface area contributed by atoms with Gasteiger partial charge in [-0.25, -0.2) is 0 Å². The molecule has 5 heteroatoms. The Morgan fingerprint density at radius 3 is 2.68 bits per heavy atom. The Morgan fingerprint density at radius 1 is 1.20 bits per heavy atom. The first-order valence-corrected chi connectivity index (χ1v) is 8.91. The summed E-state index contributed by atoms with van der Waals surface area (Å²) in [5, 5.41) is 9.55. The van der Waals surface area contributed by atoms with Crippen molar-refractivity contribution in [3.05, 3.63) is 46.0 Å². The molecule has 0 radical (unpaired) electrons. The Bertz CT molecular complexity index is 990. The quantitative estimate of drug-likeness (QED) is 0.523. The minimum absolute atomic E-state index is 0.0334. The number of rotatable bonds is 7. The Hall–Kier alpha value is -2.24. The van der Waals surface area contributed by atoms with Crippen LogP contribution in [0.5, 0.6) is 0 Å². The zero-order valence-electron chi connectivity index (χ0n) is 14.7. The number of nitrogens with zero attached hydrogens (tertiary/aromatic N) is 2. The molecule has 0 saturated heterocycles. The zero-order chi connectivity index (χ0) is 18.0. The van der Waals surface area contributed by atoms with Crippen LogP contribution in [0.4, 0.5) is 5.69 Å². The van der Waals surface area contributed by atoms with Gasteiger partial charge < -0.3 is 14.8 Å². The number of nitrogens with one attached hydrogen (secondary N) is 1. The Labute approximate surface area is 152 Å². The molecule has 1 aromatic heterocycles. The summed E-state index contributed by atoms with van der Waals surface area (Å²) < 4.78 is 1.65. The van der Waals surface area contributed by atoms with E-state index < -0.39 is 0 Å². The van der Waals surface area contributed by atoms with Gasteiger partial charge in [-0.2, -0.15) is 0 Å². The summed E-state index contributed by atoms with van der Waals surface area (Å²) in [6.07, 6.45) is 1.06. The number of anilines is 1. The van der Waals surface area contributed by atoms with Gasteiger partial charge in [-0.1, -0.05) is 37.0 Å². The van der Waals surface area contributed by atoms with Crippen LogP contribution in [0.2, 0.25) is 0 Å². The second kappa shape index (κ2) is 7.33. The molecule has 0 amide bonds. The average Bonchev–Trinajstić information content (AvgIpc) is 2.60. The third-order valence-corrected chi connectivity index (χ3v) is 4.66. The fourth-order valence-corrected chi connectivity index (χ4v) is 3.43. The Balaban J connectivity index is 2.12. The van der Waals surface area contributed by atoms with Gasteiger partial charge in [0.1, 0.15) is 0 Å². The van der Waals surface area contributed by atoms with E-state index in [1.54, 1.807) is 9.93 Å². The molecule has 0 aliphatic rings. The van der Waals surface area contributed by atoms with Crippen LogP contribution in [0, 0.1) is 0 Å². The molecule has 3 aromatic rings. The predicted molar refractivity (Wildman–Crippen MR) is 112 cm³/mol. The van der Waals surface area contributed by atoms with Crippen LogP contribution in [0.25, 0.3) is 28.1 Å². The molecule has 0 spiro atoms. The van der Waals surface area contributed by atoms with Crippen molar-refractivity contribution in [1.82, 2.24) is 9.47 Å². The second-order valence-electron chi connectivity index (χ2n) is 6.50. The van der Waals surface area contributed by atoms with Gasteiger partial charge in [-0.15, -0.1) is 0 Å². The number of hydrogen-bond donors (Lipinski definition) is 1. The monoisotopic (exact) mass is 353 g/mol. The van der Waals surface area contributed by atoms with Crippen molar-refractivity contribution in [3.8, 4) is 0 Å². The summed E-state index contributed by atoms with van der Waals surface area (Å²) in [4.78, 5) is 15.0. The first kappa shape index (κ1) is 17.6. The van der Waals surface area contributed by atoms with E-state index in [9.17, 15) is 4.79 Å². The lowest BCUT2D eigenvalue weighted by Gasteiger charge is -2.15. The van der Waals surface area contributed by atoms with Crippen LogP contribution in [-0.2, 0) is 6.54 Å². The van der Waals surface area contributed by atoms with E-state index in [1.807, 2.05) is 18.2 Å². The third kappa shape index (κ3) is 3.30. The van der Waals surface area contributed by atoms with Crippen molar-refractivity contribution in [2.24, 2.45) is 0 Å². The number of pyridine rings is 1. The normalized spacial score (nSPS) is 11.5. The van der Waals surface area contributed by atoms with Crippen LogP contribution in [0.3, 0.4) is 0 Å². The van der Waals surface area contributed by atoms with Crippen LogP contribution < -0.4 is 16.2 Å². The first-order valence-electron chi connectivity index (χ1n) is 8.43. The average molecular weight is 353 g/mol. The van der Waals surface area contributed by atoms with Crippen molar-refractivity contribution in [1.29, 1.82) is 0 Å². The van der Waals surface area contributed by atoms with Gasteiger partial charge >= 0.3 is 0 Å². The lowest BCUT2D eigenvalue weighted by atomic mass is 10.0. The highest BCUT2D eigenvalue weighted by molar-refractivity contribution is 7.78. The molecule has 0 bridgehead atoms. The van der Waals surface area contributed by atoms with Crippen molar-refractivity contribution < 1.29 is 0 Å². The Morgan fingerprint density at radius 2 is 1.96 bits per heavy atom. The second-order valence-corrected chi connectivity index (χ2v) is 6.83. The molecule has 0 unspecified atom stereocenters. The van der Waals surface area contributed by atoms with Crippen molar-refractivity contribution >= 4 is 51.4 Å². The van der Waals surface area contributed by atoms with E-state index in [2.05, 4.69) is 43.0 Å². The van der Waals surface area contributed by atoms with Gasteiger partial charge in [0.15, 0.2) is 0 Å². The zero-order valence-corrected chi connectivity index (χ0v) is 15.5. The lowest BCUT2D eigenvalue weighted by molar-refractivity contribution is 0.405. The van der Waals surface area contributed by atoms with E-state index in [0.29, 0.717) is 17.3 Å². The molecular weight excluding hydrogens is 330 g/mol. The van der Waals surface area contributed by atoms with Crippen molar-refractivity contribution in [2.75, 3.05) is 32.5 Å². The maximum absolute atomic E-state index is 12.8. The van der Waals surface area contributed by atoms with E-state index in [0.717, 1.165) is 41.4 Å². The van der Waals surface area contributed by atoms with Crippen LogP contribution in [0.15, 0.2) is 35.1 Å². The van der Waals surface area contributed by atoms with Crippen molar-refractivity contribution in [3.63, 3.8) is 0 Å². The molecule has 0 fully saturated rings. The Kier molecular flexibility index (Phi) is 5.16. The van der Waals surface area contributed by atoms with Crippen molar-refractivity contribution in [2.45, 2.75) is 13.0 Å². The van der Waals surface area contributed by atoms with E-state index in [1.165, 1.54) is 0 Å².